The summed E-state index contributed by atoms with van der Waals surface area (Å²) in [6, 6.07) is 14.5. The smallest absolute Gasteiger partial charge is 0.224 e. The summed E-state index contributed by atoms with van der Waals surface area (Å²) < 4.78 is 11.1. The Morgan fingerprint density at radius 3 is 1.53 bits per heavy atom. The zero-order chi connectivity index (χ0) is 21.6. The van der Waals surface area contributed by atoms with Crippen LogP contribution in [0.5, 0.6) is 11.5 Å². The summed E-state index contributed by atoms with van der Waals surface area (Å²) in [5, 5.41) is 5.70. The average molecular weight is 408 g/mol. The lowest BCUT2D eigenvalue weighted by atomic mass is 10.1. The third-order valence-corrected chi connectivity index (χ3v) is 4.09. The van der Waals surface area contributed by atoms with E-state index in [1.807, 2.05) is 24.3 Å². The predicted octanol–water partition coefficient (Wildman–Crippen LogP) is 4.95. The minimum Gasteiger partial charge on any atom is -0.487 e. The molecule has 0 heterocycles. The van der Waals surface area contributed by atoms with Gasteiger partial charge in [-0.2, -0.15) is 0 Å². The van der Waals surface area contributed by atoms with Crippen LogP contribution in [0.4, 0.5) is 11.4 Å². The van der Waals surface area contributed by atoms with Crippen molar-refractivity contribution in [2.45, 2.75) is 25.7 Å². The van der Waals surface area contributed by atoms with Crippen LogP contribution in [0.2, 0.25) is 0 Å². The first-order valence-electron chi connectivity index (χ1n) is 9.89. The third kappa shape index (κ3) is 7.83. The van der Waals surface area contributed by atoms with Gasteiger partial charge in [0.25, 0.3) is 0 Å². The van der Waals surface area contributed by atoms with Gasteiger partial charge in [0.05, 0.1) is 11.4 Å². The SMILES string of the molecule is C=CCOc1ccccc1NC(=O)CCCCC(=O)Nc1ccccc1OCC=C. The highest BCUT2D eigenvalue weighted by molar-refractivity contribution is 5.93. The standard InChI is InChI=1S/C24H28N2O4/c1-3-17-29-21-13-7-5-11-19(21)25-23(27)15-9-10-16-24(28)26-20-12-6-8-14-22(20)30-18-4-2/h3-8,11-14H,1-2,9-10,15-18H2,(H,25,27)(H,26,28). The maximum atomic E-state index is 12.2. The molecule has 0 aliphatic rings. The maximum absolute atomic E-state index is 12.2. The van der Waals surface area contributed by atoms with Crippen LogP contribution in [0, 0.1) is 0 Å². The summed E-state index contributed by atoms with van der Waals surface area (Å²) in [4.78, 5) is 24.4. The Labute approximate surface area is 177 Å². The minimum absolute atomic E-state index is 0.117. The molecule has 0 saturated heterocycles. The van der Waals surface area contributed by atoms with Crippen molar-refractivity contribution in [1.82, 2.24) is 0 Å². The lowest BCUT2D eigenvalue weighted by Crippen LogP contribution is -2.14. The average Bonchev–Trinajstić information content (AvgIpc) is 2.75. The Kier molecular flexibility index (Phi) is 9.73. The van der Waals surface area contributed by atoms with Gasteiger partial charge in [0, 0.05) is 12.8 Å². The quantitative estimate of drug-likeness (QED) is 0.363. The molecule has 30 heavy (non-hydrogen) atoms. The van der Waals surface area contributed by atoms with E-state index in [-0.39, 0.29) is 11.8 Å². The Morgan fingerprint density at radius 2 is 1.13 bits per heavy atom. The number of hydrogen-bond donors (Lipinski definition) is 2. The van der Waals surface area contributed by atoms with Crippen LogP contribution in [-0.2, 0) is 9.59 Å². The van der Waals surface area contributed by atoms with Gasteiger partial charge >= 0.3 is 0 Å². The lowest BCUT2D eigenvalue weighted by Gasteiger charge is -2.12. The number of anilines is 2. The van der Waals surface area contributed by atoms with E-state index in [1.54, 1.807) is 36.4 Å². The highest BCUT2D eigenvalue weighted by Crippen LogP contribution is 2.25. The van der Waals surface area contributed by atoms with Crippen LogP contribution in [-0.4, -0.2) is 25.0 Å². The molecule has 0 radical (unpaired) electrons. The molecule has 0 aromatic heterocycles. The molecule has 0 fully saturated rings. The third-order valence-electron chi connectivity index (χ3n) is 4.09. The van der Waals surface area contributed by atoms with Crippen molar-refractivity contribution in [3.8, 4) is 11.5 Å². The van der Waals surface area contributed by atoms with Crippen molar-refractivity contribution in [3.05, 3.63) is 73.8 Å². The molecule has 0 bridgehead atoms. The van der Waals surface area contributed by atoms with E-state index < -0.39 is 0 Å². The predicted molar refractivity (Wildman–Crippen MR) is 120 cm³/mol. The van der Waals surface area contributed by atoms with Crippen molar-refractivity contribution in [1.29, 1.82) is 0 Å². The van der Waals surface area contributed by atoms with Crippen molar-refractivity contribution < 1.29 is 19.1 Å². The highest BCUT2D eigenvalue weighted by Gasteiger charge is 2.10. The highest BCUT2D eigenvalue weighted by atomic mass is 16.5. The van der Waals surface area contributed by atoms with E-state index in [1.165, 1.54) is 0 Å². The number of nitrogens with one attached hydrogen (secondary N) is 2. The summed E-state index contributed by atoms with van der Waals surface area (Å²) >= 11 is 0. The number of hydrogen-bond acceptors (Lipinski definition) is 4. The lowest BCUT2D eigenvalue weighted by molar-refractivity contribution is -0.118. The van der Waals surface area contributed by atoms with E-state index in [9.17, 15) is 9.59 Å². The van der Waals surface area contributed by atoms with Crippen LogP contribution in [0.15, 0.2) is 73.8 Å². The summed E-state index contributed by atoms with van der Waals surface area (Å²) in [5.74, 6) is 0.964. The largest absolute Gasteiger partial charge is 0.487 e. The number of para-hydroxylation sites is 4. The Bertz CT molecular complexity index is 792. The van der Waals surface area contributed by atoms with Gasteiger partial charge < -0.3 is 20.1 Å². The van der Waals surface area contributed by atoms with Crippen molar-refractivity contribution in [3.63, 3.8) is 0 Å². The molecule has 2 N–H and O–H groups in total. The van der Waals surface area contributed by atoms with Gasteiger partial charge in [-0.25, -0.2) is 0 Å². The van der Waals surface area contributed by atoms with Crippen molar-refractivity contribution in [2.75, 3.05) is 23.8 Å². The number of rotatable bonds is 13. The van der Waals surface area contributed by atoms with E-state index in [2.05, 4.69) is 23.8 Å². The topological polar surface area (TPSA) is 76.7 Å². The van der Waals surface area contributed by atoms with Crippen molar-refractivity contribution in [2.24, 2.45) is 0 Å². The fourth-order valence-corrected chi connectivity index (χ4v) is 2.69. The molecular weight excluding hydrogens is 380 g/mol. The first-order valence-corrected chi connectivity index (χ1v) is 9.89. The molecule has 2 aromatic carbocycles. The molecule has 0 spiro atoms. The fraction of sp³-hybridized carbons (Fsp3) is 0.250. The van der Waals surface area contributed by atoms with Gasteiger partial charge in [-0.3, -0.25) is 9.59 Å². The molecule has 6 heteroatoms. The molecule has 2 amide bonds. The molecule has 2 aromatic rings. The van der Waals surface area contributed by atoms with E-state index in [4.69, 9.17) is 9.47 Å². The second-order valence-corrected chi connectivity index (χ2v) is 6.50. The maximum Gasteiger partial charge on any atom is 0.224 e. The molecule has 6 nitrogen and oxygen atoms in total. The zero-order valence-electron chi connectivity index (χ0n) is 17.1. The van der Waals surface area contributed by atoms with Crippen LogP contribution >= 0.6 is 0 Å². The van der Waals surface area contributed by atoms with Crippen LogP contribution < -0.4 is 20.1 Å². The Morgan fingerprint density at radius 1 is 0.733 bits per heavy atom. The van der Waals surface area contributed by atoms with Gasteiger partial charge in [0.2, 0.25) is 11.8 Å². The van der Waals surface area contributed by atoms with Crippen LogP contribution in [0.3, 0.4) is 0 Å². The molecular formula is C24H28N2O4. The number of benzene rings is 2. The zero-order valence-corrected chi connectivity index (χ0v) is 17.1. The first kappa shape index (κ1) is 22.7. The molecule has 0 aliphatic heterocycles. The van der Waals surface area contributed by atoms with Crippen LogP contribution in [0.25, 0.3) is 0 Å². The van der Waals surface area contributed by atoms with Gasteiger partial charge in [-0.1, -0.05) is 49.6 Å². The van der Waals surface area contributed by atoms with Gasteiger partial charge in [-0.05, 0) is 37.1 Å². The summed E-state index contributed by atoms with van der Waals surface area (Å²) in [5.41, 5.74) is 1.25. The Hall–Kier alpha value is -3.54. The number of amides is 2. The summed E-state index contributed by atoms with van der Waals surface area (Å²) in [7, 11) is 0. The Balaban J connectivity index is 1.74. The molecule has 158 valence electrons. The second kappa shape index (κ2) is 12.8. The second-order valence-electron chi connectivity index (χ2n) is 6.50. The number of unbranched alkanes of at least 4 members (excludes halogenated alkanes) is 1. The molecule has 0 aliphatic carbocycles. The fourth-order valence-electron chi connectivity index (χ4n) is 2.69. The number of ether oxygens (including phenoxy) is 2. The van der Waals surface area contributed by atoms with Gasteiger partial charge in [-0.15, -0.1) is 0 Å². The van der Waals surface area contributed by atoms with E-state index >= 15 is 0 Å². The first-order chi connectivity index (χ1) is 14.6. The van der Waals surface area contributed by atoms with Gasteiger partial charge in [0.1, 0.15) is 24.7 Å². The van der Waals surface area contributed by atoms with E-state index in [0.29, 0.717) is 61.8 Å². The van der Waals surface area contributed by atoms with Crippen LogP contribution in [0.1, 0.15) is 25.7 Å². The number of carbonyl (C=O) groups is 2. The van der Waals surface area contributed by atoms with E-state index in [0.717, 1.165) is 0 Å². The normalized spacial score (nSPS) is 10.0. The van der Waals surface area contributed by atoms with Gasteiger partial charge in [0.15, 0.2) is 0 Å². The molecule has 2 rings (SSSR count). The van der Waals surface area contributed by atoms with Crippen molar-refractivity contribution >= 4 is 23.2 Å². The monoisotopic (exact) mass is 408 g/mol. The molecule has 0 unspecified atom stereocenters. The summed E-state index contributed by atoms with van der Waals surface area (Å²) in [6.07, 6.45) is 5.14. The molecule has 0 atom stereocenters. The summed E-state index contributed by atoms with van der Waals surface area (Å²) in [6.45, 7) is 7.97. The minimum atomic E-state index is -0.117. The molecule has 0 saturated carbocycles. The number of carbonyl (C=O) groups excluding carboxylic acids is 2.